The smallest absolute Gasteiger partial charge is 0.416 e. The van der Waals surface area contributed by atoms with Gasteiger partial charge in [-0.15, -0.1) is 0 Å². The molecule has 36 heavy (non-hydrogen) atoms. The molecular formula is C26H23F3N4O3. The maximum absolute atomic E-state index is 13.0. The molecule has 2 aromatic heterocycles. The summed E-state index contributed by atoms with van der Waals surface area (Å²) in [6.45, 7) is 0.611. The summed E-state index contributed by atoms with van der Waals surface area (Å²) >= 11 is 0. The Balaban J connectivity index is 1.32. The number of aromatic nitrogens is 3. The van der Waals surface area contributed by atoms with E-state index < -0.39 is 11.7 Å². The van der Waals surface area contributed by atoms with E-state index in [4.69, 9.17) is 9.47 Å². The molecule has 1 fully saturated rings. The third kappa shape index (κ3) is 5.18. The van der Waals surface area contributed by atoms with Crippen LogP contribution >= 0.6 is 0 Å². The van der Waals surface area contributed by atoms with Gasteiger partial charge in [0, 0.05) is 37.7 Å². The number of alkyl halides is 3. The zero-order valence-electron chi connectivity index (χ0n) is 19.4. The summed E-state index contributed by atoms with van der Waals surface area (Å²) in [6, 6.07) is 13.7. The topological polar surface area (TPSA) is 78.3 Å². The Labute approximate surface area is 204 Å². The molecule has 0 saturated carbocycles. The van der Waals surface area contributed by atoms with Crippen molar-refractivity contribution in [3.05, 3.63) is 72.1 Å². The Morgan fingerprint density at radius 3 is 2.78 bits per heavy atom. The van der Waals surface area contributed by atoms with Gasteiger partial charge in [0.05, 0.1) is 28.7 Å². The molecule has 2 aromatic carbocycles. The molecule has 0 aliphatic carbocycles. The van der Waals surface area contributed by atoms with Crippen LogP contribution < -0.4 is 10.1 Å². The minimum Gasteiger partial charge on any atom is -0.457 e. The Hall–Kier alpha value is -3.92. The first-order valence-electron chi connectivity index (χ1n) is 11.4. The zero-order chi connectivity index (χ0) is 25.3. The molecule has 7 nitrogen and oxygen atoms in total. The van der Waals surface area contributed by atoms with Crippen LogP contribution in [0.3, 0.4) is 0 Å². The molecule has 5 rings (SSSR count). The molecular weight excluding hydrogens is 473 g/mol. The molecule has 0 amide bonds. The van der Waals surface area contributed by atoms with E-state index in [1.165, 1.54) is 6.07 Å². The number of nitrogens with zero attached hydrogens (tertiary/aromatic N) is 3. The number of imidazole rings is 1. The van der Waals surface area contributed by atoms with Crippen LogP contribution in [0.5, 0.6) is 11.5 Å². The number of carbonyl (C=O) groups excluding carboxylic acids is 1. The number of pyridine rings is 1. The zero-order valence-corrected chi connectivity index (χ0v) is 19.4. The first kappa shape index (κ1) is 23.8. The van der Waals surface area contributed by atoms with Gasteiger partial charge in [-0.2, -0.15) is 13.2 Å². The van der Waals surface area contributed by atoms with Crippen LogP contribution in [0.1, 0.15) is 24.1 Å². The van der Waals surface area contributed by atoms with Gasteiger partial charge in [0.1, 0.15) is 17.6 Å². The van der Waals surface area contributed by atoms with E-state index in [9.17, 15) is 18.0 Å². The van der Waals surface area contributed by atoms with Gasteiger partial charge in [0.2, 0.25) is 5.95 Å². The Morgan fingerprint density at radius 1 is 1.17 bits per heavy atom. The predicted molar refractivity (Wildman–Crippen MR) is 127 cm³/mol. The summed E-state index contributed by atoms with van der Waals surface area (Å²) < 4.78 is 52.3. The Morgan fingerprint density at radius 2 is 2.00 bits per heavy atom. The lowest BCUT2D eigenvalue weighted by atomic mass is 10.1. The second kappa shape index (κ2) is 9.62. The molecule has 0 bridgehead atoms. The van der Waals surface area contributed by atoms with E-state index in [1.54, 1.807) is 48.1 Å². The Kier molecular flexibility index (Phi) is 6.36. The van der Waals surface area contributed by atoms with Crippen LogP contribution in [0.15, 0.2) is 60.8 Å². The lowest BCUT2D eigenvalue weighted by Gasteiger charge is -2.10. The summed E-state index contributed by atoms with van der Waals surface area (Å²) in [6.07, 6.45) is -1.40. The number of halogens is 3. The number of Topliss-reactive ketones (excluding diaryl/α,β-unsaturated/α-hetero) is 1. The Bertz CT molecular complexity index is 1410. The first-order valence-corrected chi connectivity index (χ1v) is 11.4. The fraction of sp³-hybridized carbons (Fsp3) is 0.269. The van der Waals surface area contributed by atoms with Gasteiger partial charge in [-0.25, -0.2) is 4.98 Å². The minimum atomic E-state index is -4.43. The van der Waals surface area contributed by atoms with E-state index in [1.807, 2.05) is 6.07 Å². The fourth-order valence-electron chi connectivity index (χ4n) is 4.13. The van der Waals surface area contributed by atoms with Crippen molar-refractivity contribution >= 4 is 28.5 Å². The van der Waals surface area contributed by atoms with Crippen molar-refractivity contribution in [1.29, 1.82) is 0 Å². The highest BCUT2D eigenvalue weighted by molar-refractivity contribution is 5.85. The molecule has 1 atom stereocenters. The molecule has 186 valence electrons. The molecule has 1 unspecified atom stereocenters. The van der Waals surface area contributed by atoms with Crippen LogP contribution in [0.2, 0.25) is 0 Å². The van der Waals surface area contributed by atoms with Crippen LogP contribution in [0.4, 0.5) is 24.8 Å². The van der Waals surface area contributed by atoms with Crippen molar-refractivity contribution in [3.63, 3.8) is 0 Å². The number of rotatable bonds is 7. The fourth-order valence-corrected chi connectivity index (χ4v) is 4.13. The van der Waals surface area contributed by atoms with Crippen LogP contribution in [0.25, 0.3) is 11.0 Å². The lowest BCUT2D eigenvalue weighted by molar-refractivity contribution is -0.137. The molecule has 1 aliphatic heterocycles. The standard InChI is InChI=1S/C26H23F3N4O3/c1-33-22-8-7-19(36-20-9-10-30-18(13-20)14-23(34)24-6-3-11-35-24)15-21(22)32-25(33)31-17-5-2-4-16(12-17)26(27,28)29/h2,4-5,7-10,12-13,15,24H,3,6,11,14H2,1H3,(H,31,32). The number of fused-ring (bicyclic) bond motifs is 1. The number of ketones is 1. The van der Waals surface area contributed by atoms with Crippen LogP contribution in [0, 0.1) is 0 Å². The van der Waals surface area contributed by atoms with Gasteiger partial charge in [-0.05, 0) is 49.2 Å². The molecule has 0 spiro atoms. The molecule has 10 heteroatoms. The van der Waals surface area contributed by atoms with Crippen molar-refractivity contribution in [2.24, 2.45) is 7.05 Å². The summed E-state index contributed by atoms with van der Waals surface area (Å²) in [5, 5.41) is 2.95. The highest BCUT2D eigenvalue weighted by Gasteiger charge is 2.30. The molecule has 0 radical (unpaired) electrons. The lowest BCUT2D eigenvalue weighted by Crippen LogP contribution is -2.21. The molecule has 1 N–H and O–H groups in total. The van der Waals surface area contributed by atoms with Crippen molar-refractivity contribution in [2.45, 2.75) is 31.5 Å². The minimum absolute atomic E-state index is 0.00727. The van der Waals surface area contributed by atoms with Crippen molar-refractivity contribution in [3.8, 4) is 11.5 Å². The monoisotopic (exact) mass is 496 g/mol. The van der Waals surface area contributed by atoms with Crippen molar-refractivity contribution in [1.82, 2.24) is 14.5 Å². The molecule has 3 heterocycles. The number of hydrogen-bond acceptors (Lipinski definition) is 6. The number of benzene rings is 2. The third-order valence-electron chi connectivity index (χ3n) is 5.97. The quantitative estimate of drug-likeness (QED) is 0.348. The summed E-state index contributed by atoms with van der Waals surface area (Å²) in [5.74, 6) is 1.44. The summed E-state index contributed by atoms with van der Waals surface area (Å²) in [5.41, 5.74) is 1.51. The second-order valence-corrected chi connectivity index (χ2v) is 8.58. The van der Waals surface area contributed by atoms with E-state index in [-0.39, 0.29) is 24.0 Å². The van der Waals surface area contributed by atoms with Gasteiger partial charge in [0.25, 0.3) is 0 Å². The third-order valence-corrected chi connectivity index (χ3v) is 5.97. The average Bonchev–Trinajstić information content (AvgIpc) is 3.48. The number of aryl methyl sites for hydroxylation is 1. The number of ether oxygens (including phenoxy) is 2. The largest absolute Gasteiger partial charge is 0.457 e. The second-order valence-electron chi connectivity index (χ2n) is 8.58. The number of hydrogen-bond donors (Lipinski definition) is 1. The summed E-state index contributed by atoms with van der Waals surface area (Å²) in [7, 11) is 1.77. The van der Waals surface area contributed by atoms with Gasteiger partial charge in [0.15, 0.2) is 5.78 Å². The van der Waals surface area contributed by atoms with E-state index >= 15 is 0 Å². The van der Waals surface area contributed by atoms with Gasteiger partial charge < -0.3 is 19.4 Å². The highest BCUT2D eigenvalue weighted by atomic mass is 19.4. The van der Waals surface area contributed by atoms with E-state index in [2.05, 4.69) is 15.3 Å². The SMILES string of the molecule is Cn1c(Nc2cccc(C(F)(F)F)c2)nc2cc(Oc3ccnc(CC(=O)C4CCCO4)c3)ccc21. The van der Waals surface area contributed by atoms with Crippen LogP contribution in [-0.4, -0.2) is 33.0 Å². The summed E-state index contributed by atoms with van der Waals surface area (Å²) in [4.78, 5) is 21.2. The molecule has 1 aliphatic rings. The van der Waals surface area contributed by atoms with Crippen LogP contribution in [-0.2, 0) is 29.2 Å². The number of carbonyl (C=O) groups is 1. The number of nitrogens with one attached hydrogen (secondary N) is 1. The van der Waals surface area contributed by atoms with E-state index in [0.29, 0.717) is 35.3 Å². The highest BCUT2D eigenvalue weighted by Crippen LogP contribution is 2.32. The van der Waals surface area contributed by atoms with Crippen molar-refractivity contribution < 1.29 is 27.4 Å². The molecule has 4 aromatic rings. The van der Waals surface area contributed by atoms with Crippen molar-refractivity contribution in [2.75, 3.05) is 11.9 Å². The predicted octanol–water partition coefficient (Wildman–Crippen LogP) is 5.81. The first-order chi connectivity index (χ1) is 17.3. The average molecular weight is 496 g/mol. The van der Waals surface area contributed by atoms with Gasteiger partial charge >= 0.3 is 6.18 Å². The van der Waals surface area contributed by atoms with E-state index in [0.717, 1.165) is 30.5 Å². The normalized spacial score (nSPS) is 15.8. The maximum Gasteiger partial charge on any atom is 0.416 e. The van der Waals surface area contributed by atoms with Gasteiger partial charge in [-0.1, -0.05) is 6.07 Å². The maximum atomic E-state index is 13.0. The molecule has 1 saturated heterocycles. The van der Waals surface area contributed by atoms with Gasteiger partial charge in [-0.3, -0.25) is 9.78 Å². The number of anilines is 2.